The molecular formula is C18H21N5O3S3. The van der Waals surface area contributed by atoms with Gasteiger partial charge in [-0.05, 0) is 44.9 Å². The van der Waals surface area contributed by atoms with E-state index < -0.39 is 10.0 Å². The van der Waals surface area contributed by atoms with Gasteiger partial charge in [-0.25, -0.2) is 13.1 Å². The zero-order chi connectivity index (χ0) is 20.9. The van der Waals surface area contributed by atoms with Crippen LogP contribution in [0, 0.1) is 20.8 Å². The number of aryl methyl sites for hydroxylation is 3. The van der Waals surface area contributed by atoms with Gasteiger partial charge in [0.15, 0.2) is 0 Å². The standard InChI is InChI=1S/C18H21N5O3S3/c1-9-4-5-13(27-9)29(25,26)22-12-6-7-23(8-12)18(24)16-15(19)14-10(2)11(3)20-21-17(14)28-16/h4-5,12,22H,6-8,19H2,1-3H3. The molecule has 0 spiro atoms. The number of likely N-dealkylation sites (tertiary alicyclic amines) is 1. The Labute approximate surface area is 176 Å². The van der Waals surface area contributed by atoms with Crippen LogP contribution in [0.25, 0.3) is 10.2 Å². The Kier molecular flexibility index (Phi) is 5.09. The number of nitrogens with one attached hydrogen (secondary N) is 1. The summed E-state index contributed by atoms with van der Waals surface area (Å²) in [6, 6.07) is 3.05. The zero-order valence-corrected chi connectivity index (χ0v) is 18.7. The lowest BCUT2D eigenvalue weighted by Gasteiger charge is -2.16. The highest BCUT2D eigenvalue weighted by molar-refractivity contribution is 7.91. The number of rotatable bonds is 4. The van der Waals surface area contributed by atoms with Gasteiger partial charge in [-0.1, -0.05) is 0 Å². The SMILES string of the molecule is Cc1ccc(S(=O)(=O)NC2CCN(C(=O)c3sc4nnc(C)c(C)c4c3N)C2)s1. The number of carbonyl (C=O) groups is 1. The highest BCUT2D eigenvalue weighted by Gasteiger charge is 2.32. The number of hydrogen-bond acceptors (Lipinski definition) is 8. The molecule has 11 heteroatoms. The van der Waals surface area contributed by atoms with E-state index in [0.717, 1.165) is 21.5 Å². The molecule has 1 unspecified atom stereocenters. The molecule has 3 N–H and O–H groups in total. The van der Waals surface area contributed by atoms with Crippen LogP contribution in [-0.2, 0) is 10.0 Å². The van der Waals surface area contributed by atoms with E-state index in [1.54, 1.807) is 17.0 Å². The molecule has 1 aliphatic rings. The Bertz CT molecular complexity index is 1220. The van der Waals surface area contributed by atoms with Gasteiger partial charge in [-0.3, -0.25) is 4.79 Å². The summed E-state index contributed by atoms with van der Waals surface area (Å²) >= 11 is 2.46. The van der Waals surface area contributed by atoms with Gasteiger partial charge in [-0.15, -0.1) is 27.8 Å². The molecule has 154 valence electrons. The number of nitrogen functional groups attached to an aromatic ring is 1. The summed E-state index contributed by atoms with van der Waals surface area (Å²) in [6.07, 6.45) is 0.554. The third kappa shape index (κ3) is 3.63. The minimum Gasteiger partial charge on any atom is -0.397 e. The van der Waals surface area contributed by atoms with Gasteiger partial charge in [0.1, 0.15) is 13.9 Å². The monoisotopic (exact) mass is 451 g/mol. The van der Waals surface area contributed by atoms with Gasteiger partial charge in [0, 0.05) is 29.4 Å². The topological polar surface area (TPSA) is 118 Å². The summed E-state index contributed by atoms with van der Waals surface area (Å²) in [5, 5.41) is 9.04. The Balaban J connectivity index is 1.52. The van der Waals surface area contributed by atoms with Crippen LogP contribution in [0.3, 0.4) is 0 Å². The van der Waals surface area contributed by atoms with Gasteiger partial charge in [0.05, 0.1) is 11.4 Å². The predicted molar refractivity (Wildman–Crippen MR) is 115 cm³/mol. The lowest BCUT2D eigenvalue weighted by atomic mass is 10.1. The first-order valence-corrected chi connectivity index (χ1v) is 12.2. The van der Waals surface area contributed by atoms with Crippen LogP contribution in [0.5, 0.6) is 0 Å². The third-order valence-electron chi connectivity index (χ3n) is 5.11. The first kappa shape index (κ1) is 20.2. The van der Waals surface area contributed by atoms with Crippen molar-refractivity contribution in [3.63, 3.8) is 0 Å². The number of sulfonamides is 1. The molecule has 3 aromatic heterocycles. The van der Waals surface area contributed by atoms with E-state index in [1.807, 2.05) is 20.8 Å². The van der Waals surface area contributed by atoms with Crippen molar-refractivity contribution in [1.82, 2.24) is 19.8 Å². The first-order valence-electron chi connectivity index (χ1n) is 9.07. The largest absolute Gasteiger partial charge is 0.397 e. The van der Waals surface area contributed by atoms with Crippen molar-refractivity contribution in [3.8, 4) is 0 Å². The average molecular weight is 452 g/mol. The summed E-state index contributed by atoms with van der Waals surface area (Å²) in [4.78, 5) is 16.7. The van der Waals surface area contributed by atoms with E-state index in [4.69, 9.17) is 5.73 Å². The molecule has 1 saturated heterocycles. The van der Waals surface area contributed by atoms with Crippen molar-refractivity contribution in [2.45, 2.75) is 37.4 Å². The molecule has 1 aliphatic heterocycles. The van der Waals surface area contributed by atoms with Crippen molar-refractivity contribution in [3.05, 3.63) is 33.1 Å². The molecule has 0 bridgehead atoms. The van der Waals surface area contributed by atoms with Crippen LogP contribution >= 0.6 is 22.7 Å². The van der Waals surface area contributed by atoms with Crippen LogP contribution < -0.4 is 10.5 Å². The number of aromatic nitrogens is 2. The molecule has 4 rings (SSSR count). The molecule has 1 amide bonds. The molecule has 3 aromatic rings. The van der Waals surface area contributed by atoms with Gasteiger partial charge in [0.2, 0.25) is 10.0 Å². The highest BCUT2D eigenvalue weighted by Crippen LogP contribution is 2.36. The van der Waals surface area contributed by atoms with Crippen LogP contribution in [0.2, 0.25) is 0 Å². The minimum absolute atomic E-state index is 0.198. The Morgan fingerprint density at radius 3 is 2.69 bits per heavy atom. The normalized spacial score (nSPS) is 17.3. The van der Waals surface area contributed by atoms with Crippen molar-refractivity contribution >= 4 is 54.5 Å². The van der Waals surface area contributed by atoms with Gasteiger partial charge in [0.25, 0.3) is 5.91 Å². The second-order valence-corrected chi connectivity index (χ2v) is 11.4. The van der Waals surface area contributed by atoms with Crippen molar-refractivity contribution in [2.24, 2.45) is 0 Å². The Morgan fingerprint density at radius 1 is 1.24 bits per heavy atom. The molecule has 29 heavy (non-hydrogen) atoms. The predicted octanol–water partition coefficient (Wildman–Crippen LogP) is 2.45. The minimum atomic E-state index is -3.59. The van der Waals surface area contributed by atoms with E-state index in [2.05, 4.69) is 14.9 Å². The maximum Gasteiger partial charge on any atom is 0.266 e. The summed E-state index contributed by atoms with van der Waals surface area (Å²) in [6.45, 7) is 6.40. The molecule has 0 aliphatic carbocycles. The lowest BCUT2D eigenvalue weighted by molar-refractivity contribution is 0.0796. The van der Waals surface area contributed by atoms with E-state index in [1.165, 1.54) is 22.7 Å². The lowest BCUT2D eigenvalue weighted by Crippen LogP contribution is -2.38. The number of amides is 1. The van der Waals surface area contributed by atoms with Crippen molar-refractivity contribution < 1.29 is 13.2 Å². The molecule has 4 heterocycles. The molecular weight excluding hydrogens is 430 g/mol. The fraction of sp³-hybridized carbons (Fsp3) is 0.389. The van der Waals surface area contributed by atoms with Crippen LogP contribution in [0.15, 0.2) is 16.3 Å². The molecule has 8 nitrogen and oxygen atoms in total. The molecule has 1 fully saturated rings. The highest BCUT2D eigenvalue weighted by atomic mass is 32.2. The molecule has 1 atom stereocenters. The summed E-state index contributed by atoms with van der Waals surface area (Å²) in [5.74, 6) is -0.198. The van der Waals surface area contributed by atoms with Crippen LogP contribution in [0.4, 0.5) is 5.69 Å². The van der Waals surface area contributed by atoms with Crippen molar-refractivity contribution in [1.29, 1.82) is 0 Å². The second kappa shape index (κ2) is 7.31. The summed E-state index contributed by atoms with van der Waals surface area (Å²) < 4.78 is 28.1. The van der Waals surface area contributed by atoms with E-state index in [9.17, 15) is 13.2 Å². The van der Waals surface area contributed by atoms with Crippen molar-refractivity contribution in [2.75, 3.05) is 18.8 Å². The number of nitrogens with two attached hydrogens (primary N) is 1. The number of thiophene rings is 2. The second-order valence-electron chi connectivity index (χ2n) is 7.16. The first-order chi connectivity index (χ1) is 13.7. The fourth-order valence-electron chi connectivity index (χ4n) is 3.42. The third-order valence-corrected chi connectivity index (χ3v) is 9.20. The summed E-state index contributed by atoms with van der Waals surface area (Å²) in [5.41, 5.74) is 8.39. The number of hydrogen-bond donors (Lipinski definition) is 2. The zero-order valence-electron chi connectivity index (χ0n) is 16.2. The molecule has 0 aromatic carbocycles. The Hall–Kier alpha value is -2.08. The van der Waals surface area contributed by atoms with Gasteiger partial charge < -0.3 is 10.6 Å². The maximum absolute atomic E-state index is 13.1. The van der Waals surface area contributed by atoms with E-state index in [-0.39, 0.29) is 16.2 Å². The fourth-order valence-corrected chi connectivity index (χ4v) is 7.05. The molecule has 0 radical (unpaired) electrons. The van der Waals surface area contributed by atoms with Gasteiger partial charge >= 0.3 is 0 Å². The summed E-state index contributed by atoms with van der Waals surface area (Å²) in [7, 11) is -3.59. The average Bonchev–Trinajstić information content (AvgIpc) is 3.37. The van der Waals surface area contributed by atoms with Gasteiger partial charge in [-0.2, -0.15) is 5.10 Å². The number of carbonyl (C=O) groups excluding carboxylic acids is 1. The maximum atomic E-state index is 13.1. The number of nitrogens with zero attached hydrogens (tertiary/aromatic N) is 3. The number of fused-ring (bicyclic) bond motifs is 1. The van der Waals surface area contributed by atoms with E-state index in [0.29, 0.717) is 34.9 Å². The van der Waals surface area contributed by atoms with Crippen LogP contribution in [-0.4, -0.2) is 48.6 Å². The Morgan fingerprint density at radius 2 is 2.00 bits per heavy atom. The quantitative estimate of drug-likeness (QED) is 0.629. The van der Waals surface area contributed by atoms with E-state index >= 15 is 0 Å². The van der Waals surface area contributed by atoms with Crippen LogP contribution in [0.1, 0.15) is 32.2 Å². The molecule has 0 saturated carbocycles. The number of anilines is 1. The smallest absolute Gasteiger partial charge is 0.266 e.